The van der Waals surface area contributed by atoms with Crippen molar-refractivity contribution >= 4 is 5.69 Å². The Morgan fingerprint density at radius 1 is 1.27 bits per heavy atom. The summed E-state index contributed by atoms with van der Waals surface area (Å²) < 4.78 is 25.7. The van der Waals surface area contributed by atoms with Crippen LogP contribution in [0.4, 0.5) is 14.5 Å². The quantitative estimate of drug-likeness (QED) is 0.770. The van der Waals surface area contributed by atoms with Crippen molar-refractivity contribution in [1.29, 1.82) is 0 Å². The molecule has 82 valence electrons. The first-order valence-corrected chi connectivity index (χ1v) is 5.12. The molecule has 2 rings (SSSR count). The molecule has 2 N–H and O–H groups in total. The molecule has 0 aliphatic carbocycles. The SMILES string of the molecule is NC1CCCN(c2ccc(F)c(F)c2)C1. The van der Waals surface area contributed by atoms with E-state index in [9.17, 15) is 8.78 Å². The molecule has 15 heavy (non-hydrogen) atoms. The summed E-state index contributed by atoms with van der Waals surface area (Å²) in [5.41, 5.74) is 6.53. The highest BCUT2D eigenvalue weighted by atomic mass is 19.2. The van der Waals surface area contributed by atoms with Crippen LogP contribution >= 0.6 is 0 Å². The van der Waals surface area contributed by atoms with Crippen molar-refractivity contribution in [3.8, 4) is 0 Å². The van der Waals surface area contributed by atoms with E-state index in [4.69, 9.17) is 5.73 Å². The van der Waals surface area contributed by atoms with Crippen LogP contribution in [0.2, 0.25) is 0 Å². The van der Waals surface area contributed by atoms with Gasteiger partial charge in [-0.1, -0.05) is 0 Å². The summed E-state index contributed by atoms with van der Waals surface area (Å²) in [5, 5.41) is 0. The molecule has 1 aromatic carbocycles. The Hall–Kier alpha value is -1.16. The fourth-order valence-electron chi connectivity index (χ4n) is 1.93. The normalized spacial score (nSPS) is 21.8. The Kier molecular flexibility index (Phi) is 2.86. The number of anilines is 1. The third kappa shape index (κ3) is 2.26. The zero-order chi connectivity index (χ0) is 10.8. The van der Waals surface area contributed by atoms with E-state index in [-0.39, 0.29) is 6.04 Å². The Morgan fingerprint density at radius 3 is 2.73 bits per heavy atom. The van der Waals surface area contributed by atoms with Crippen LogP contribution in [0.1, 0.15) is 12.8 Å². The van der Waals surface area contributed by atoms with E-state index < -0.39 is 11.6 Å². The van der Waals surface area contributed by atoms with Crippen molar-refractivity contribution in [3.63, 3.8) is 0 Å². The van der Waals surface area contributed by atoms with Crippen LogP contribution in [0.3, 0.4) is 0 Å². The van der Waals surface area contributed by atoms with Crippen LogP contribution in [-0.4, -0.2) is 19.1 Å². The van der Waals surface area contributed by atoms with E-state index in [1.807, 2.05) is 4.90 Å². The van der Waals surface area contributed by atoms with Gasteiger partial charge in [-0.05, 0) is 25.0 Å². The minimum atomic E-state index is -0.806. The smallest absolute Gasteiger partial charge is 0.160 e. The van der Waals surface area contributed by atoms with Gasteiger partial charge in [-0.25, -0.2) is 8.78 Å². The summed E-state index contributed by atoms with van der Waals surface area (Å²) in [6.07, 6.45) is 2.00. The zero-order valence-electron chi connectivity index (χ0n) is 8.42. The van der Waals surface area contributed by atoms with Crippen molar-refractivity contribution in [2.45, 2.75) is 18.9 Å². The first-order valence-electron chi connectivity index (χ1n) is 5.12. The number of nitrogens with two attached hydrogens (primary N) is 1. The maximum absolute atomic E-state index is 13.0. The van der Waals surface area contributed by atoms with Crippen LogP contribution in [0.25, 0.3) is 0 Å². The Labute approximate surface area is 87.7 Å². The molecular formula is C11H14F2N2. The molecule has 1 aromatic rings. The molecular weight excluding hydrogens is 198 g/mol. The van der Waals surface area contributed by atoms with Gasteiger partial charge in [0.2, 0.25) is 0 Å². The Balaban J connectivity index is 2.18. The lowest BCUT2D eigenvalue weighted by atomic mass is 10.1. The first-order chi connectivity index (χ1) is 7.16. The highest BCUT2D eigenvalue weighted by molar-refractivity contribution is 5.47. The van der Waals surface area contributed by atoms with Crippen LogP contribution in [-0.2, 0) is 0 Å². The number of piperidine rings is 1. The van der Waals surface area contributed by atoms with Gasteiger partial charge in [0.25, 0.3) is 0 Å². The molecule has 0 amide bonds. The maximum Gasteiger partial charge on any atom is 0.160 e. The number of hydrogen-bond acceptors (Lipinski definition) is 2. The molecule has 1 saturated heterocycles. The highest BCUT2D eigenvalue weighted by Crippen LogP contribution is 2.21. The van der Waals surface area contributed by atoms with Crippen LogP contribution in [0, 0.1) is 11.6 Å². The second-order valence-electron chi connectivity index (χ2n) is 3.95. The van der Waals surface area contributed by atoms with E-state index in [2.05, 4.69) is 0 Å². The highest BCUT2D eigenvalue weighted by Gasteiger charge is 2.17. The summed E-state index contributed by atoms with van der Waals surface area (Å²) in [6, 6.07) is 4.11. The third-order valence-electron chi connectivity index (χ3n) is 2.73. The van der Waals surface area contributed by atoms with Crippen LogP contribution in [0.15, 0.2) is 18.2 Å². The molecule has 1 fully saturated rings. The van der Waals surface area contributed by atoms with Crippen molar-refractivity contribution in [1.82, 2.24) is 0 Å². The number of nitrogens with zero attached hydrogens (tertiary/aromatic N) is 1. The van der Waals surface area contributed by atoms with Gasteiger partial charge in [-0.15, -0.1) is 0 Å². The fourth-order valence-corrected chi connectivity index (χ4v) is 1.93. The van der Waals surface area contributed by atoms with Gasteiger partial charge in [0.15, 0.2) is 11.6 Å². The van der Waals surface area contributed by atoms with E-state index in [0.29, 0.717) is 12.2 Å². The van der Waals surface area contributed by atoms with Gasteiger partial charge < -0.3 is 10.6 Å². The average Bonchev–Trinajstić information content (AvgIpc) is 2.22. The molecule has 0 aromatic heterocycles. The van der Waals surface area contributed by atoms with E-state index in [0.717, 1.165) is 25.5 Å². The zero-order valence-corrected chi connectivity index (χ0v) is 8.42. The molecule has 2 nitrogen and oxygen atoms in total. The Morgan fingerprint density at radius 2 is 2.07 bits per heavy atom. The van der Waals surface area contributed by atoms with E-state index >= 15 is 0 Å². The average molecular weight is 212 g/mol. The van der Waals surface area contributed by atoms with E-state index in [1.54, 1.807) is 6.07 Å². The van der Waals surface area contributed by atoms with Gasteiger partial charge in [-0.3, -0.25) is 0 Å². The Bertz CT molecular complexity index is 354. The molecule has 1 aliphatic rings. The van der Waals surface area contributed by atoms with Crippen LogP contribution in [0.5, 0.6) is 0 Å². The molecule has 0 saturated carbocycles. The molecule has 0 spiro atoms. The number of halogens is 2. The second-order valence-corrected chi connectivity index (χ2v) is 3.95. The van der Waals surface area contributed by atoms with Crippen molar-refractivity contribution < 1.29 is 8.78 Å². The molecule has 0 bridgehead atoms. The minimum Gasteiger partial charge on any atom is -0.370 e. The fraction of sp³-hybridized carbons (Fsp3) is 0.455. The largest absolute Gasteiger partial charge is 0.370 e. The predicted octanol–water partition coefficient (Wildman–Crippen LogP) is 1.89. The lowest BCUT2D eigenvalue weighted by Crippen LogP contribution is -2.42. The molecule has 1 aliphatic heterocycles. The molecule has 4 heteroatoms. The summed E-state index contributed by atoms with van der Waals surface area (Å²) in [6.45, 7) is 1.57. The van der Waals surface area contributed by atoms with Crippen molar-refractivity contribution in [2.24, 2.45) is 5.73 Å². The van der Waals surface area contributed by atoms with E-state index in [1.165, 1.54) is 6.07 Å². The molecule has 0 radical (unpaired) electrons. The monoisotopic (exact) mass is 212 g/mol. The maximum atomic E-state index is 13.0. The summed E-state index contributed by atoms with van der Waals surface area (Å²) in [5.74, 6) is -1.60. The third-order valence-corrected chi connectivity index (χ3v) is 2.73. The minimum absolute atomic E-state index is 0.131. The van der Waals surface area contributed by atoms with Gasteiger partial charge >= 0.3 is 0 Å². The molecule has 1 atom stereocenters. The van der Waals surface area contributed by atoms with Crippen molar-refractivity contribution in [2.75, 3.05) is 18.0 Å². The predicted molar refractivity (Wildman–Crippen MR) is 55.8 cm³/mol. The van der Waals surface area contributed by atoms with Crippen molar-refractivity contribution in [3.05, 3.63) is 29.8 Å². The summed E-state index contributed by atoms with van der Waals surface area (Å²) in [4.78, 5) is 2.00. The van der Waals surface area contributed by atoms with Gasteiger partial charge in [-0.2, -0.15) is 0 Å². The van der Waals surface area contributed by atoms with Gasteiger partial charge in [0.1, 0.15) is 0 Å². The number of hydrogen-bond donors (Lipinski definition) is 1. The van der Waals surface area contributed by atoms with Crippen LogP contribution < -0.4 is 10.6 Å². The second kappa shape index (κ2) is 4.14. The lowest BCUT2D eigenvalue weighted by molar-refractivity contribution is 0.495. The molecule has 1 heterocycles. The van der Waals surface area contributed by atoms with Gasteiger partial charge in [0, 0.05) is 30.9 Å². The van der Waals surface area contributed by atoms with Gasteiger partial charge in [0.05, 0.1) is 0 Å². The first kappa shape index (κ1) is 10.4. The lowest BCUT2D eigenvalue weighted by Gasteiger charge is -2.32. The topological polar surface area (TPSA) is 29.3 Å². The number of benzene rings is 1. The number of rotatable bonds is 1. The summed E-state index contributed by atoms with van der Waals surface area (Å²) >= 11 is 0. The summed E-state index contributed by atoms with van der Waals surface area (Å²) in [7, 11) is 0. The standard InChI is InChI=1S/C11H14F2N2/c12-10-4-3-9(6-11(10)13)15-5-1-2-8(14)7-15/h3-4,6,8H,1-2,5,7,14H2. The molecule has 1 unspecified atom stereocenters.